The molecule has 5 rings (SSSR count). The minimum absolute atomic E-state index is 0.0624. The lowest BCUT2D eigenvalue weighted by Gasteiger charge is -2.35. The molecule has 0 spiro atoms. The van der Waals surface area contributed by atoms with Gasteiger partial charge in [0.1, 0.15) is 23.4 Å². The first kappa shape index (κ1) is 30.3. The first-order chi connectivity index (χ1) is 20.7. The molecule has 2 aliphatic rings. The van der Waals surface area contributed by atoms with Gasteiger partial charge in [0.05, 0.1) is 18.7 Å². The molecular formula is C33H36F2N4O4. The third kappa shape index (κ3) is 7.25. The molecule has 226 valence electrons. The van der Waals surface area contributed by atoms with Crippen LogP contribution in [0, 0.1) is 18.7 Å². The highest BCUT2D eigenvalue weighted by Crippen LogP contribution is 2.24. The summed E-state index contributed by atoms with van der Waals surface area (Å²) in [4.78, 5) is 46.6. The van der Waals surface area contributed by atoms with Gasteiger partial charge >= 0.3 is 0 Å². The lowest BCUT2D eigenvalue weighted by molar-refractivity contribution is 0.0645. The number of carbonyl (C=O) groups excluding carboxylic acids is 3. The minimum atomic E-state index is -1.26. The molecule has 2 unspecified atom stereocenters. The number of benzene rings is 2. The molecule has 2 fully saturated rings. The third-order valence-corrected chi connectivity index (χ3v) is 8.34. The van der Waals surface area contributed by atoms with Crippen LogP contribution in [-0.2, 0) is 6.54 Å². The number of piperidine rings is 2. The van der Waals surface area contributed by atoms with Gasteiger partial charge < -0.3 is 15.0 Å². The fraction of sp³-hybridized carbons (Fsp3) is 0.394. The number of rotatable bonds is 8. The second kappa shape index (κ2) is 13.4. The summed E-state index contributed by atoms with van der Waals surface area (Å²) in [6, 6.07) is 14.3. The number of carbonyl (C=O) groups is 3. The van der Waals surface area contributed by atoms with Gasteiger partial charge in [-0.05, 0) is 79.8 Å². The molecule has 3 heterocycles. The lowest BCUT2D eigenvalue weighted by Crippen LogP contribution is -2.52. The van der Waals surface area contributed by atoms with E-state index in [-0.39, 0.29) is 41.2 Å². The van der Waals surface area contributed by atoms with E-state index in [1.54, 1.807) is 55.3 Å². The average Bonchev–Trinajstić information content (AvgIpc) is 3.03. The van der Waals surface area contributed by atoms with Crippen LogP contribution in [0.5, 0.6) is 5.75 Å². The first-order valence-corrected chi connectivity index (χ1v) is 14.6. The molecule has 0 aliphatic carbocycles. The molecule has 8 nitrogen and oxygen atoms in total. The van der Waals surface area contributed by atoms with Crippen LogP contribution < -0.4 is 10.1 Å². The number of ether oxygens (including phenoxy) is 1. The fourth-order valence-electron chi connectivity index (χ4n) is 5.74. The zero-order valence-corrected chi connectivity index (χ0v) is 24.4. The number of ketones is 1. The number of pyridine rings is 1. The predicted molar refractivity (Wildman–Crippen MR) is 157 cm³/mol. The van der Waals surface area contributed by atoms with Crippen molar-refractivity contribution in [1.29, 1.82) is 0 Å². The summed E-state index contributed by atoms with van der Waals surface area (Å²) >= 11 is 0. The number of nitrogens with zero attached hydrogens (tertiary/aromatic N) is 3. The second-order valence-corrected chi connectivity index (χ2v) is 11.3. The Kier molecular flexibility index (Phi) is 9.45. The van der Waals surface area contributed by atoms with Gasteiger partial charge in [-0.1, -0.05) is 12.1 Å². The van der Waals surface area contributed by atoms with Crippen LogP contribution in [0.4, 0.5) is 8.78 Å². The number of nitrogens with one attached hydrogen (secondary N) is 1. The highest BCUT2D eigenvalue weighted by molar-refractivity contribution is 5.99. The van der Waals surface area contributed by atoms with Crippen molar-refractivity contribution in [3.05, 3.63) is 94.6 Å². The van der Waals surface area contributed by atoms with E-state index in [1.807, 2.05) is 4.90 Å². The molecule has 3 aromatic rings. The number of halogens is 2. The van der Waals surface area contributed by atoms with Crippen molar-refractivity contribution in [2.75, 3.05) is 33.3 Å². The molecule has 2 amide bonds. The summed E-state index contributed by atoms with van der Waals surface area (Å²) < 4.78 is 33.7. The quantitative estimate of drug-likeness (QED) is 0.385. The molecule has 1 N–H and O–H groups in total. The Labute approximate surface area is 250 Å². The van der Waals surface area contributed by atoms with E-state index in [2.05, 4.69) is 10.3 Å². The molecule has 43 heavy (non-hydrogen) atoms. The number of amides is 2. The summed E-state index contributed by atoms with van der Waals surface area (Å²) in [5, 5.41) is 2.77. The van der Waals surface area contributed by atoms with Crippen LogP contribution in [0.25, 0.3) is 0 Å². The lowest BCUT2D eigenvalue weighted by atomic mass is 9.88. The highest BCUT2D eigenvalue weighted by Gasteiger charge is 2.31. The molecule has 2 saturated heterocycles. The Morgan fingerprint density at radius 1 is 0.977 bits per heavy atom. The van der Waals surface area contributed by atoms with Crippen LogP contribution in [0.15, 0.2) is 60.8 Å². The van der Waals surface area contributed by atoms with E-state index < -0.39 is 18.1 Å². The van der Waals surface area contributed by atoms with E-state index in [4.69, 9.17) is 4.74 Å². The van der Waals surface area contributed by atoms with E-state index in [1.165, 1.54) is 24.4 Å². The van der Waals surface area contributed by atoms with E-state index in [0.29, 0.717) is 62.3 Å². The monoisotopic (exact) mass is 590 g/mol. The maximum Gasteiger partial charge on any atom is 0.272 e. The van der Waals surface area contributed by atoms with Crippen molar-refractivity contribution in [3.63, 3.8) is 0 Å². The normalized spacial score (nSPS) is 19.6. The number of Topliss-reactive ketones (excluding diaryl/α,β-unsaturated/α-hetero) is 1. The van der Waals surface area contributed by atoms with Gasteiger partial charge in [-0.25, -0.2) is 8.78 Å². The zero-order valence-electron chi connectivity index (χ0n) is 24.4. The van der Waals surface area contributed by atoms with Crippen LogP contribution in [-0.4, -0.2) is 77.9 Å². The molecule has 0 saturated carbocycles. The Morgan fingerprint density at radius 3 is 2.33 bits per heavy atom. The van der Waals surface area contributed by atoms with E-state index in [0.717, 1.165) is 5.56 Å². The number of alkyl halides is 1. The smallest absolute Gasteiger partial charge is 0.272 e. The average molecular weight is 591 g/mol. The molecule has 2 aliphatic heterocycles. The fourth-order valence-corrected chi connectivity index (χ4v) is 5.74. The van der Waals surface area contributed by atoms with E-state index in [9.17, 15) is 23.2 Å². The predicted octanol–water partition coefficient (Wildman–Crippen LogP) is 4.62. The molecule has 2 atom stereocenters. The summed E-state index contributed by atoms with van der Waals surface area (Å²) in [6.07, 6.45) is 1.64. The standard InChI is InChI=1S/C33H36F2N4O4/c1-21-17-22(3-9-27(21)34)19-38-14-13-29(28(35)20-38)37-32(41)25-6-10-30(36-18-25)33(42)39-15-11-24(12-16-39)31(40)23-4-7-26(43-2)8-5-23/h3-10,17-18,24,28-29H,11-16,19-20H2,1-2H3,(H,37,41). The van der Waals surface area contributed by atoms with Gasteiger partial charge in [0, 0.05) is 50.4 Å². The van der Waals surface area contributed by atoms with Crippen LogP contribution in [0.3, 0.4) is 0 Å². The Balaban J connectivity index is 1.09. The van der Waals surface area contributed by atoms with Crippen LogP contribution in [0.1, 0.15) is 61.6 Å². The maximum absolute atomic E-state index is 15.0. The molecule has 2 aromatic carbocycles. The summed E-state index contributed by atoms with van der Waals surface area (Å²) in [6.45, 7) is 3.84. The van der Waals surface area contributed by atoms with Crippen LogP contribution >= 0.6 is 0 Å². The molecule has 0 radical (unpaired) electrons. The van der Waals surface area contributed by atoms with Gasteiger partial charge in [0.15, 0.2) is 5.78 Å². The SMILES string of the molecule is COc1ccc(C(=O)C2CCN(C(=O)c3ccc(C(=O)NC4CCN(Cc5ccc(F)c(C)c5)CC4F)cn3)CC2)cc1. The topological polar surface area (TPSA) is 91.8 Å². The molecule has 10 heteroatoms. The zero-order chi connectivity index (χ0) is 30.5. The minimum Gasteiger partial charge on any atom is -0.497 e. The summed E-state index contributed by atoms with van der Waals surface area (Å²) in [5.41, 5.74) is 2.56. The number of hydrogen-bond acceptors (Lipinski definition) is 6. The van der Waals surface area contributed by atoms with Crippen molar-refractivity contribution in [2.24, 2.45) is 5.92 Å². The second-order valence-electron chi connectivity index (χ2n) is 11.3. The van der Waals surface area contributed by atoms with E-state index >= 15 is 0 Å². The third-order valence-electron chi connectivity index (χ3n) is 8.34. The van der Waals surface area contributed by atoms with Gasteiger partial charge in [0.2, 0.25) is 0 Å². The Hall–Kier alpha value is -4.18. The van der Waals surface area contributed by atoms with Crippen molar-refractivity contribution in [1.82, 2.24) is 20.1 Å². The van der Waals surface area contributed by atoms with Gasteiger partial charge in [-0.2, -0.15) is 0 Å². The highest BCUT2D eigenvalue weighted by atomic mass is 19.1. The Morgan fingerprint density at radius 2 is 1.70 bits per heavy atom. The summed E-state index contributed by atoms with van der Waals surface area (Å²) in [7, 11) is 1.58. The van der Waals surface area contributed by atoms with Crippen LogP contribution in [0.2, 0.25) is 0 Å². The number of methoxy groups -OCH3 is 1. The molecule has 1 aromatic heterocycles. The number of aryl methyl sites for hydroxylation is 1. The maximum atomic E-state index is 15.0. The Bertz CT molecular complexity index is 1460. The van der Waals surface area contributed by atoms with Gasteiger partial charge in [-0.3, -0.25) is 24.3 Å². The van der Waals surface area contributed by atoms with Crippen molar-refractivity contribution < 1.29 is 27.9 Å². The summed E-state index contributed by atoms with van der Waals surface area (Å²) in [5.74, 6) is -0.369. The molecular weight excluding hydrogens is 554 g/mol. The first-order valence-electron chi connectivity index (χ1n) is 14.6. The van der Waals surface area contributed by atoms with Crippen molar-refractivity contribution >= 4 is 17.6 Å². The van der Waals surface area contributed by atoms with Gasteiger partial charge in [-0.15, -0.1) is 0 Å². The van der Waals surface area contributed by atoms with Crippen molar-refractivity contribution in [2.45, 2.75) is 44.9 Å². The largest absolute Gasteiger partial charge is 0.497 e. The van der Waals surface area contributed by atoms with Crippen molar-refractivity contribution in [3.8, 4) is 5.75 Å². The number of likely N-dealkylation sites (tertiary alicyclic amines) is 2. The molecule has 0 bridgehead atoms. The van der Waals surface area contributed by atoms with Gasteiger partial charge in [0.25, 0.3) is 11.8 Å². The number of aromatic nitrogens is 1. The number of hydrogen-bond donors (Lipinski definition) is 1.